The monoisotopic (exact) mass is 304 g/mol. The first kappa shape index (κ1) is 16.1. The molecule has 23 heavy (non-hydrogen) atoms. The molecule has 0 aromatic heterocycles. The number of nitrogens with zero attached hydrogens (tertiary/aromatic N) is 2. The first-order valence-electron chi connectivity index (χ1n) is 7.16. The summed E-state index contributed by atoms with van der Waals surface area (Å²) in [5, 5.41) is 23.4. The van der Waals surface area contributed by atoms with Crippen molar-refractivity contribution in [2.45, 2.75) is 19.4 Å². The van der Waals surface area contributed by atoms with Crippen LogP contribution in [0.1, 0.15) is 18.1 Å². The van der Waals surface area contributed by atoms with Crippen LogP contribution in [0, 0.1) is 22.7 Å². The molecule has 1 unspecified atom stereocenters. The second-order valence-electron chi connectivity index (χ2n) is 5.08. The van der Waals surface area contributed by atoms with Gasteiger partial charge >= 0.3 is 0 Å². The van der Waals surface area contributed by atoms with E-state index < -0.39 is 6.04 Å². The third kappa shape index (κ3) is 4.59. The molecule has 0 aliphatic heterocycles. The highest BCUT2D eigenvalue weighted by Crippen LogP contribution is 2.13. The van der Waals surface area contributed by atoms with Gasteiger partial charge in [-0.05, 0) is 42.8 Å². The molecule has 0 saturated carbocycles. The molecule has 0 saturated heterocycles. The van der Waals surface area contributed by atoms with E-state index >= 15 is 0 Å². The fourth-order valence-electron chi connectivity index (χ4n) is 2.04. The van der Waals surface area contributed by atoms with Crippen molar-refractivity contribution in [3.05, 3.63) is 59.7 Å². The maximum Gasteiger partial charge on any atom is 0.246 e. The maximum absolute atomic E-state index is 12.2. The SMILES string of the molecule is CC(Nc1ccc(CC#N)cc1)C(=O)Nc1cccc(C#N)c1. The number of benzene rings is 2. The first-order chi connectivity index (χ1) is 11.1. The summed E-state index contributed by atoms with van der Waals surface area (Å²) in [7, 11) is 0. The summed E-state index contributed by atoms with van der Waals surface area (Å²) >= 11 is 0. The van der Waals surface area contributed by atoms with Crippen molar-refractivity contribution in [2.75, 3.05) is 10.6 Å². The van der Waals surface area contributed by atoms with Crippen LogP contribution in [0.3, 0.4) is 0 Å². The summed E-state index contributed by atoms with van der Waals surface area (Å²) in [6, 6.07) is 17.8. The van der Waals surface area contributed by atoms with Crippen LogP contribution in [0.15, 0.2) is 48.5 Å². The standard InChI is InChI=1S/C18H16N4O/c1-13(21-16-7-5-14(6-8-16)9-10-19)18(23)22-17-4-2-3-15(11-17)12-20/h2-8,11,13,21H,9H2,1H3,(H,22,23). The van der Waals surface area contributed by atoms with Gasteiger partial charge in [-0.2, -0.15) is 10.5 Å². The minimum absolute atomic E-state index is 0.193. The van der Waals surface area contributed by atoms with Crippen molar-refractivity contribution < 1.29 is 4.79 Å². The molecule has 2 aromatic rings. The van der Waals surface area contributed by atoms with E-state index in [4.69, 9.17) is 10.5 Å². The Morgan fingerprint density at radius 1 is 1.13 bits per heavy atom. The highest BCUT2D eigenvalue weighted by molar-refractivity contribution is 5.96. The second kappa shape index (κ2) is 7.63. The number of carbonyl (C=O) groups excluding carboxylic acids is 1. The molecule has 0 aliphatic rings. The number of nitriles is 2. The van der Waals surface area contributed by atoms with Crippen molar-refractivity contribution in [1.29, 1.82) is 10.5 Å². The van der Waals surface area contributed by atoms with Crippen LogP contribution < -0.4 is 10.6 Å². The normalized spacial score (nSPS) is 10.9. The highest BCUT2D eigenvalue weighted by Gasteiger charge is 2.13. The van der Waals surface area contributed by atoms with Crippen molar-refractivity contribution in [2.24, 2.45) is 0 Å². The van der Waals surface area contributed by atoms with Gasteiger partial charge in [0.2, 0.25) is 5.91 Å². The Kier molecular flexibility index (Phi) is 5.33. The van der Waals surface area contributed by atoms with Gasteiger partial charge in [-0.3, -0.25) is 4.79 Å². The maximum atomic E-state index is 12.2. The number of amides is 1. The molecule has 0 spiro atoms. The number of nitrogens with one attached hydrogen (secondary N) is 2. The molecule has 5 heteroatoms. The van der Waals surface area contributed by atoms with E-state index in [1.807, 2.05) is 30.3 Å². The fraction of sp³-hybridized carbons (Fsp3) is 0.167. The molecule has 2 rings (SSSR count). The van der Waals surface area contributed by atoms with E-state index in [1.54, 1.807) is 31.2 Å². The molecule has 0 bridgehead atoms. The second-order valence-corrected chi connectivity index (χ2v) is 5.08. The molecular weight excluding hydrogens is 288 g/mol. The van der Waals surface area contributed by atoms with Crippen LogP contribution in [0.25, 0.3) is 0 Å². The molecule has 2 aromatic carbocycles. The van der Waals surface area contributed by atoms with Crippen LogP contribution in [0.2, 0.25) is 0 Å². The average molecular weight is 304 g/mol. The molecule has 114 valence electrons. The number of rotatable bonds is 5. The van der Waals surface area contributed by atoms with Crippen molar-refractivity contribution in [1.82, 2.24) is 0 Å². The zero-order chi connectivity index (χ0) is 16.7. The third-order valence-corrected chi connectivity index (χ3v) is 3.27. The van der Waals surface area contributed by atoms with Crippen molar-refractivity contribution >= 4 is 17.3 Å². The Balaban J connectivity index is 1.97. The predicted octanol–water partition coefficient (Wildman–Crippen LogP) is 3.06. The van der Waals surface area contributed by atoms with Gasteiger partial charge in [0.25, 0.3) is 0 Å². The number of hydrogen-bond donors (Lipinski definition) is 2. The molecular formula is C18H16N4O. The van der Waals surface area contributed by atoms with Crippen molar-refractivity contribution in [3.63, 3.8) is 0 Å². The van der Waals surface area contributed by atoms with E-state index in [0.717, 1.165) is 11.3 Å². The average Bonchev–Trinajstić information content (AvgIpc) is 2.57. The Hall–Kier alpha value is -3.31. The van der Waals surface area contributed by atoms with Gasteiger partial charge in [-0.1, -0.05) is 18.2 Å². The summed E-state index contributed by atoms with van der Waals surface area (Å²) in [5.74, 6) is -0.193. The quantitative estimate of drug-likeness (QED) is 0.888. The van der Waals surface area contributed by atoms with Crippen LogP contribution >= 0.6 is 0 Å². The van der Waals surface area contributed by atoms with Gasteiger partial charge in [0.05, 0.1) is 24.1 Å². The summed E-state index contributed by atoms with van der Waals surface area (Å²) in [6.45, 7) is 1.76. The largest absolute Gasteiger partial charge is 0.374 e. The van der Waals surface area contributed by atoms with Crippen LogP contribution in [-0.2, 0) is 11.2 Å². The van der Waals surface area contributed by atoms with Crippen LogP contribution in [0.5, 0.6) is 0 Å². The smallest absolute Gasteiger partial charge is 0.246 e. The molecule has 1 atom stereocenters. The molecule has 0 radical (unpaired) electrons. The third-order valence-electron chi connectivity index (χ3n) is 3.27. The molecule has 2 N–H and O–H groups in total. The van der Waals surface area contributed by atoms with E-state index in [9.17, 15) is 4.79 Å². The van der Waals surface area contributed by atoms with Gasteiger partial charge in [-0.25, -0.2) is 0 Å². The lowest BCUT2D eigenvalue weighted by molar-refractivity contribution is -0.116. The minimum atomic E-state index is -0.442. The van der Waals surface area contributed by atoms with E-state index in [0.29, 0.717) is 17.7 Å². The minimum Gasteiger partial charge on any atom is -0.374 e. The first-order valence-corrected chi connectivity index (χ1v) is 7.16. The summed E-state index contributed by atoms with van der Waals surface area (Å²) in [6.07, 6.45) is 0.367. The van der Waals surface area contributed by atoms with Gasteiger partial charge < -0.3 is 10.6 Å². The summed E-state index contributed by atoms with van der Waals surface area (Å²) in [4.78, 5) is 12.2. The van der Waals surface area contributed by atoms with Crippen LogP contribution in [0.4, 0.5) is 11.4 Å². The zero-order valence-corrected chi connectivity index (χ0v) is 12.7. The lowest BCUT2D eigenvalue weighted by Gasteiger charge is -2.15. The number of anilines is 2. The van der Waals surface area contributed by atoms with Crippen LogP contribution in [-0.4, -0.2) is 11.9 Å². The summed E-state index contributed by atoms with van der Waals surface area (Å²) in [5.41, 5.74) is 2.83. The van der Waals surface area contributed by atoms with E-state index in [2.05, 4.69) is 16.7 Å². The predicted molar refractivity (Wildman–Crippen MR) is 88.6 cm³/mol. The van der Waals surface area contributed by atoms with Gasteiger partial charge in [0.1, 0.15) is 6.04 Å². The van der Waals surface area contributed by atoms with Gasteiger partial charge in [0.15, 0.2) is 0 Å². The Labute approximate surface area is 135 Å². The lowest BCUT2D eigenvalue weighted by atomic mass is 10.1. The molecule has 5 nitrogen and oxygen atoms in total. The molecule has 0 fully saturated rings. The highest BCUT2D eigenvalue weighted by atomic mass is 16.2. The Morgan fingerprint density at radius 3 is 2.52 bits per heavy atom. The Bertz CT molecular complexity index is 769. The van der Waals surface area contributed by atoms with E-state index in [1.165, 1.54) is 0 Å². The summed E-state index contributed by atoms with van der Waals surface area (Å²) < 4.78 is 0. The molecule has 1 amide bonds. The molecule has 0 heterocycles. The molecule has 0 aliphatic carbocycles. The number of carbonyl (C=O) groups is 1. The van der Waals surface area contributed by atoms with E-state index in [-0.39, 0.29) is 5.91 Å². The Morgan fingerprint density at radius 2 is 1.87 bits per heavy atom. The van der Waals surface area contributed by atoms with Gasteiger partial charge in [0, 0.05) is 11.4 Å². The van der Waals surface area contributed by atoms with Crippen molar-refractivity contribution in [3.8, 4) is 12.1 Å². The fourth-order valence-corrected chi connectivity index (χ4v) is 2.04. The lowest BCUT2D eigenvalue weighted by Crippen LogP contribution is -2.31. The number of hydrogen-bond acceptors (Lipinski definition) is 4. The van der Waals surface area contributed by atoms with Gasteiger partial charge in [-0.15, -0.1) is 0 Å². The topological polar surface area (TPSA) is 88.7 Å². The zero-order valence-electron chi connectivity index (χ0n) is 12.7.